The Morgan fingerprint density at radius 1 is 0.875 bits per heavy atom. The zero-order valence-corrected chi connectivity index (χ0v) is 20.0. The zero-order valence-electron chi connectivity index (χ0n) is 20.0. The van der Waals surface area contributed by atoms with E-state index >= 15 is 0 Å². The fourth-order valence-corrected chi connectivity index (χ4v) is 2.66. The molecular weight excluding hydrogens is 424 g/mol. The van der Waals surface area contributed by atoms with Crippen LogP contribution >= 0.6 is 0 Å². The third kappa shape index (κ3) is 8.58. The molecule has 4 atom stereocenters. The summed E-state index contributed by atoms with van der Waals surface area (Å²) in [6, 6.07) is 0. The molecule has 0 fully saturated rings. The molecule has 0 aliphatic carbocycles. The summed E-state index contributed by atoms with van der Waals surface area (Å²) >= 11 is 0. The van der Waals surface area contributed by atoms with E-state index in [9.17, 15) is 24.3 Å². The van der Waals surface area contributed by atoms with Crippen LogP contribution in [0.15, 0.2) is 11.6 Å². The summed E-state index contributed by atoms with van der Waals surface area (Å²) in [7, 11) is 1.17. The number of hydrogen-bond acceptors (Lipinski definition) is 10. The van der Waals surface area contributed by atoms with Crippen LogP contribution < -0.4 is 0 Å². The third-order valence-corrected chi connectivity index (χ3v) is 4.69. The van der Waals surface area contributed by atoms with Crippen molar-refractivity contribution in [2.24, 2.45) is 0 Å². The molecule has 0 spiro atoms. The predicted molar refractivity (Wildman–Crippen MR) is 113 cm³/mol. The molecule has 0 aliphatic rings. The van der Waals surface area contributed by atoms with Crippen LogP contribution in [-0.4, -0.2) is 66.8 Å². The molecule has 10 heteroatoms. The molecule has 0 radical (unpaired) electrons. The Labute approximate surface area is 189 Å². The van der Waals surface area contributed by atoms with Crippen molar-refractivity contribution in [1.29, 1.82) is 0 Å². The van der Waals surface area contributed by atoms with Gasteiger partial charge < -0.3 is 28.8 Å². The van der Waals surface area contributed by atoms with Gasteiger partial charge in [0.2, 0.25) is 5.60 Å². The zero-order chi connectivity index (χ0) is 24.9. The Balaban J connectivity index is 6.60. The average molecular weight is 461 g/mol. The van der Waals surface area contributed by atoms with E-state index in [1.165, 1.54) is 20.1 Å². The highest BCUT2D eigenvalue weighted by atomic mass is 16.7. The van der Waals surface area contributed by atoms with Gasteiger partial charge >= 0.3 is 23.9 Å². The minimum Gasteiger partial charge on any atom is -0.461 e. The minimum absolute atomic E-state index is 0.00498. The fourth-order valence-electron chi connectivity index (χ4n) is 2.66. The van der Waals surface area contributed by atoms with E-state index in [1.54, 1.807) is 34.6 Å². The summed E-state index contributed by atoms with van der Waals surface area (Å²) in [6.45, 7) is 8.93. The quantitative estimate of drug-likeness (QED) is 0.178. The van der Waals surface area contributed by atoms with Gasteiger partial charge in [0, 0.05) is 38.4 Å². The minimum atomic E-state index is -1.96. The number of aliphatic hydroxyl groups is 1. The summed E-state index contributed by atoms with van der Waals surface area (Å²) in [5, 5.41) is 10.6. The van der Waals surface area contributed by atoms with Gasteiger partial charge in [-0.1, -0.05) is 33.8 Å². The van der Waals surface area contributed by atoms with Gasteiger partial charge in [-0.15, -0.1) is 0 Å². The lowest BCUT2D eigenvalue weighted by Crippen LogP contribution is -2.60. The van der Waals surface area contributed by atoms with Gasteiger partial charge in [-0.2, -0.15) is 0 Å². The molecule has 0 aromatic heterocycles. The van der Waals surface area contributed by atoms with Crippen LogP contribution in [0, 0.1) is 0 Å². The topological polar surface area (TPSA) is 135 Å². The third-order valence-electron chi connectivity index (χ3n) is 4.69. The van der Waals surface area contributed by atoms with E-state index in [4.69, 9.17) is 23.7 Å². The highest BCUT2D eigenvalue weighted by Crippen LogP contribution is 2.32. The number of hydrogen-bond donors (Lipinski definition) is 1. The molecule has 184 valence electrons. The Hall–Kier alpha value is -2.46. The maximum atomic E-state index is 12.3. The second-order valence-corrected chi connectivity index (χ2v) is 7.01. The molecule has 0 aliphatic heterocycles. The smallest absolute Gasteiger partial charge is 0.306 e. The van der Waals surface area contributed by atoms with E-state index in [1.807, 2.05) is 0 Å². The van der Waals surface area contributed by atoms with Gasteiger partial charge in [0.15, 0.2) is 18.5 Å². The molecule has 0 aromatic carbocycles. The van der Waals surface area contributed by atoms with Crippen molar-refractivity contribution in [3.63, 3.8) is 0 Å². The summed E-state index contributed by atoms with van der Waals surface area (Å²) < 4.78 is 26.8. The summed E-state index contributed by atoms with van der Waals surface area (Å²) in [5.41, 5.74) is -1.70. The lowest BCUT2D eigenvalue weighted by molar-refractivity contribution is -0.260. The number of carbonyl (C=O) groups is 4. The molecule has 0 saturated carbocycles. The van der Waals surface area contributed by atoms with E-state index in [-0.39, 0.29) is 37.9 Å². The van der Waals surface area contributed by atoms with Crippen molar-refractivity contribution in [1.82, 2.24) is 0 Å². The van der Waals surface area contributed by atoms with Gasteiger partial charge in [-0.3, -0.25) is 19.2 Å². The predicted octanol–water partition coefficient (Wildman–Crippen LogP) is 2.21. The second kappa shape index (κ2) is 14.6. The van der Waals surface area contributed by atoms with Crippen molar-refractivity contribution in [2.75, 3.05) is 13.7 Å². The van der Waals surface area contributed by atoms with E-state index in [0.717, 1.165) is 0 Å². The number of esters is 4. The number of methoxy groups -OCH3 is 1. The van der Waals surface area contributed by atoms with E-state index < -0.39 is 48.0 Å². The normalized spacial score (nSPS) is 16.2. The highest BCUT2D eigenvalue weighted by Gasteiger charge is 2.53. The molecule has 1 N–H and O–H groups in total. The van der Waals surface area contributed by atoms with Crippen LogP contribution in [0.5, 0.6) is 0 Å². The molecule has 0 heterocycles. The molecule has 0 saturated heterocycles. The highest BCUT2D eigenvalue weighted by molar-refractivity contribution is 5.72. The fraction of sp³-hybridized carbons (Fsp3) is 0.727. The first-order valence-electron chi connectivity index (χ1n) is 10.7. The molecule has 10 nitrogen and oxygen atoms in total. The van der Waals surface area contributed by atoms with Gasteiger partial charge in [0.1, 0.15) is 6.61 Å². The van der Waals surface area contributed by atoms with Gasteiger partial charge in [-0.05, 0) is 13.8 Å². The average Bonchev–Trinajstić information content (AvgIpc) is 2.80. The maximum Gasteiger partial charge on any atom is 0.306 e. The van der Waals surface area contributed by atoms with Crippen molar-refractivity contribution in [2.45, 2.75) is 91.3 Å². The largest absolute Gasteiger partial charge is 0.461 e. The first kappa shape index (κ1) is 29.5. The number of aliphatic hydroxyl groups excluding tert-OH is 1. The van der Waals surface area contributed by atoms with Crippen molar-refractivity contribution in [3.05, 3.63) is 11.6 Å². The van der Waals surface area contributed by atoms with Crippen molar-refractivity contribution in [3.8, 4) is 0 Å². The summed E-state index contributed by atoms with van der Waals surface area (Å²) in [4.78, 5) is 48.4. The molecule has 0 rings (SSSR count). The maximum absolute atomic E-state index is 12.3. The molecule has 0 bridgehead atoms. The lowest BCUT2D eigenvalue weighted by Gasteiger charge is -2.42. The van der Waals surface area contributed by atoms with Crippen molar-refractivity contribution < 1.29 is 48.0 Å². The molecule has 0 aromatic rings. The number of allylic oxidation sites excluding steroid dienone is 1. The summed E-state index contributed by atoms with van der Waals surface area (Å²) in [6.07, 6.45) is -3.02. The summed E-state index contributed by atoms with van der Waals surface area (Å²) in [5.74, 6) is -2.55. The number of ether oxygens (including phenoxy) is 5. The Morgan fingerprint density at radius 3 is 1.81 bits per heavy atom. The molecule has 32 heavy (non-hydrogen) atoms. The van der Waals surface area contributed by atoms with Gasteiger partial charge in [-0.25, -0.2) is 0 Å². The number of rotatable bonds is 14. The molecule has 1 unspecified atom stereocenters. The van der Waals surface area contributed by atoms with Crippen LogP contribution in [0.25, 0.3) is 0 Å². The number of carbonyl (C=O) groups excluding carboxylic acids is 4. The van der Waals surface area contributed by atoms with E-state index in [0.29, 0.717) is 0 Å². The van der Waals surface area contributed by atoms with Crippen LogP contribution in [0.2, 0.25) is 0 Å². The molecule has 0 amide bonds. The van der Waals surface area contributed by atoms with Crippen molar-refractivity contribution >= 4 is 23.9 Å². The SMILES string of the molecule is C/C=C(/COC(=O)CC)[C@H](OC(=O)CC)[C@H](OC(=O)CC)C(C)(OC(=O)CC)[C@H](O)OC. The Kier molecular flexibility index (Phi) is 13.5. The van der Waals surface area contributed by atoms with Gasteiger partial charge in [0.25, 0.3) is 0 Å². The van der Waals surface area contributed by atoms with Crippen LogP contribution in [0.4, 0.5) is 0 Å². The molecular formula is C22H36O10. The van der Waals surface area contributed by atoms with Crippen LogP contribution in [0.1, 0.15) is 67.2 Å². The van der Waals surface area contributed by atoms with Crippen LogP contribution in [-0.2, 0) is 42.9 Å². The standard InChI is InChI=1S/C22H36O10/c1-8-14(13-29-15(23)9-2)19(30-16(24)10-3)20(31-17(25)11-4)22(6,21(27)28-7)32-18(26)12-5/h8,19-21,27H,9-13H2,1-7H3/b14-8-/t19-,20-,21+,22?/m0/s1. The Bertz CT molecular complexity index is 672. The lowest BCUT2D eigenvalue weighted by atomic mass is 9.89. The second-order valence-electron chi connectivity index (χ2n) is 7.01. The van der Waals surface area contributed by atoms with E-state index in [2.05, 4.69) is 0 Å². The first-order valence-corrected chi connectivity index (χ1v) is 10.7. The Morgan fingerprint density at radius 2 is 1.38 bits per heavy atom. The van der Waals surface area contributed by atoms with Crippen LogP contribution in [0.3, 0.4) is 0 Å². The monoisotopic (exact) mass is 460 g/mol. The first-order chi connectivity index (χ1) is 15.0. The van der Waals surface area contributed by atoms with Gasteiger partial charge in [0.05, 0.1) is 0 Å².